The summed E-state index contributed by atoms with van der Waals surface area (Å²) in [6.07, 6.45) is 0. The first kappa shape index (κ1) is 17.4. The van der Waals surface area contributed by atoms with Crippen molar-refractivity contribution >= 4 is 45.9 Å². The van der Waals surface area contributed by atoms with Crippen LogP contribution in [-0.2, 0) is 0 Å². The Morgan fingerprint density at radius 3 is 2.64 bits per heavy atom. The Kier molecular flexibility index (Phi) is 5.34. The van der Waals surface area contributed by atoms with Gasteiger partial charge in [0.2, 0.25) is 0 Å². The zero-order valence-corrected chi connectivity index (χ0v) is 15.5. The van der Waals surface area contributed by atoms with Crippen molar-refractivity contribution in [2.45, 2.75) is 6.92 Å². The largest absolute Gasteiger partial charge is 0.276 e. The fourth-order valence-corrected chi connectivity index (χ4v) is 3.27. The predicted molar refractivity (Wildman–Crippen MR) is 105 cm³/mol. The van der Waals surface area contributed by atoms with Gasteiger partial charge in [-0.05, 0) is 25.1 Å². The van der Waals surface area contributed by atoms with E-state index in [1.54, 1.807) is 18.2 Å². The van der Waals surface area contributed by atoms with E-state index in [1.807, 2.05) is 36.6 Å². The van der Waals surface area contributed by atoms with Crippen LogP contribution >= 0.6 is 34.5 Å². The highest BCUT2D eigenvalue weighted by molar-refractivity contribution is 7.12. The standard InChI is InChI=1S/C18H12Cl2N4S/c1-11-2-4-12(5-3-11)17-10-25-18(22-17)16(9-21)24-23-15-7-6-13(19)8-14(15)20/h2-8,10,23H,1H3/b24-16-. The number of nitrogens with one attached hydrogen (secondary N) is 1. The maximum absolute atomic E-state index is 9.38. The van der Waals surface area contributed by atoms with E-state index in [0.29, 0.717) is 20.7 Å². The Labute approximate surface area is 159 Å². The summed E-state index contributed by atoms with van der Waals surface area (Å²) < 4.78 is 0. The average Bonchev–Trinajstić information content (AvgIpc) is 3.07. The van der Waals surface area contributed by atoms with Gasteiger partial charge in [-0.2, -0.15) is 10.4 Å². The minimum atomic E-state index is 0.189. The first-order valence-corrected chi connectivity index (χ1v) is 8.92. The summed E-state index contributed by atoms with van der Waals surface area (Å²) >= 11 is 13.3. The molecule has 0 spiro atoms. The molecule has 0 bridgehead atoms. The molecule has 0 aliphatic rings. The second-order valence-corrected chi connectivity index (χ2v) is 6.91. The van der Waals surface area contributed by atoms with Gasteiger partial charge in [-0.25, -0.2) is 4.98 Å². The van der Waals surface area contributed by atoms with Gasteiger partial charge < -0.3 is 0 Å². The maximum Gasteiger partial charge on any atom is 0.196 e. The quantitative estimate of drug-likeness (QED) is 0.457. The van der Waals surface area contributed by atoms with E-state index in [2.05, 4.69) is 21.6 Å². The zero-order valence-electron chi connectivity index (χ0n) is 13.1. The molecule has 0 saturated heterocycles. The lowest BCUT2D eigenvalue weighted by atomic mass is 10.1. The second-order valence-electron chi connectivity index (χ2n) is 5.21. The molecule has 3 rings (SSSR count). The number of aryl methyl sites for hydroxylation is 1. The van der Waals surface area contributed by atoms with Crippen LogP contribution in [0.5, 0.6) is 0 Å². The molecule has 0 aliphatic heterocycles. The number of rotatable bonds is 4. The summed E-state index contributed by atoms with van der Waals surface area (Å²) in [7, 11) is 0. The van der Waals surface area contributed by atoms with Gasteiger partial charge in [0, 0.05) is 16.0 Å². The number of aromatic nitrogens is 1. The number of benzene rings is 2. The van der Waals surface area contributed by atoms with Crippen molar-refractivity contribution in [3.63, 3.8) is 0 Å². The van der Waals surface area contributed by atoms with Gasteiger partial charge in [0.1, 0.15) is 6.07 Å². The van der Waals surface area contributed by atoms with Crippen molar-refractivity contribution in [3.8, 4) is 17.3 Å². The fraction of sp³-hybridized carbons (Fsp3) is 0.0556. The summed E-state index contributed by atoms with van der Waals surface area (Å²) in [5.74, 6) is 0. The second kappa shape index (κ2) is 7.66. The number of thiazole rings is 1. The third kappa shape index (κ3) is 4.18. The molecule has 0 radical (unpaired) electrons. The summed E-state index contributed by atoms with van der Waals surface area (Å²) in [5, 5.41) is 16.9. The van der Waals surface area contributed by atoms with Crippen LogP contribution in [0.2, 0.25) is 10.0 Å². The average molecular weight is 387 g/mol. The van der Waals surface area contributed by atoms with Gasteiger partial charge in [0.15, 0.2) is 10.7 Å². The number of hydrazone groups is 1. The molecule has 124 valence electrons. The molecule has 7 heteroatoms. The molecule has 1 N–H and O–H groups in total. The predicted octanol–water partition coefficient (Wildman–Crippen LogP) is 5.77. The van der Waals surface area contributed by atoms with Crippen LogP contribution in [0.3, 0.4) is 0 Å². The third-order valence-corrected chi connectivity index (χ3v) is 4.78. The Morgan fingerprint density at radius 2 is 1.96 bits per heavy atom. The third-order valence-electron chi connectivity index (χ3n) is 3.38. The van der Waals surface area contributed by atoms with Crippen LogP contribution in [0.4, 0.5) is 5.69 Å². The van der Waals surface area contributed by atoms with E-state index in [-0.39, 0.29) is 5.71 Å². The first-order valence-electron chi connectivity index (χ1n) is 7.28. The van der Waals surface area contributed by atoms with E-state index in [0.717, 1.165) is 11.3 Å². The Hall–Kier alpha value is -2.39. The van der Waals surface area contributed by atoms with E-state index < -0.39 is 0 Å². The molecule has 3 aromatic rings. The van der Waals surface area contributed by atoms with Crippen LogP contribution in [0.15, 0.2) is 52.9 Å². The van der Waals surface area contributed by atoms with Crippen molar-refractivity contribution in [1.29, 1.82) is 5.26 Å². The van der Waals surface area contributed by atoms with Gasteiger partial charge in [-0.15, -0.1) is 11.3 Å². The lowest BCUT2D eigenvalue weighted by molar-refractivity contribution is 1.31. The van der Waals surface area contributed by atoms with Crippen molar-refractivity contribution < 1.29 is 0 Å². The normalized spacial score (nSPS) is 11.2. The minimum absolute atomic E-state index is 0.189. The number of hydrogen-bond acceptors (Lipinski definition) is 5. The Bertz CT molecular complexity index is 971. The molecular weight excluding hydrogens is 375 g/mol. The van der Waals surface area contributed by atoms with E-state index in [1.165, 1.54) is 16.9 Å². The van der Waals surface area contributed by atoms with Crippen molar-refractivity contribution in [2.75, 3.05) is 5.43 Å². The molecule has 0 saturated carbocycles. The summed E-state index contributed by atoms with van der Waals surface area (Å²) in [4.78, 5) is 4.50. The van der Waals surface area contributed by atoms with Crippen LogP contribution in [0.25, 0.3) is 11.3 Å². The van der Waals surface area contributed by atoms with Crippen LogP contribution in [0, 0.1) is 18.3 Å². The topological polar surface area (TPSA) is 61.1 Å². The van der Waals surface area contributed by atoms with Crippen LogP contribution < -0.4 is 5.43 Å². The molecule has 0 atom stereocenters. The Morgan fingerprint density at radius 1 is 1.20 bits per heavy atom. The lowest BCUT2D eigenvalue weighted by Gasteiger charge is -2.03. The molecule has 0 unspecified atom stereocenters. The molecule has 0 fully saturated rings. The summed E-state index contributed by atoms with van der Waals surface area (Å²) in [6.45, 7) is 2.03. The first-order chi connectivity index (χ1) is 12.1. The molecule has 0 amide bonds. The molecule has 2 aromatic carbocycles. The highest BCUT2D eigenvalue weighted by Crippen LogP contribution is 2.26. The number of halogens is 2. The molecule has 1 heterocycles. The van der Waals surface area contributed by atoms with E-state index in [9.17, 15) is 5.26 Å². The minimum Gasteiger partial charge on any atom is -0.276 e. The van der Waals surface area contributed by atoms with Gasteiger partial charge in [0.05, 0.1) is 16.4 Å². The van der Waals surface area contributed by atoms with Crippen LogP contribution in [0.1, 0.15) is 10.6 Å². The van der Waals surface area contributed by atoms with E-state index >= 15 is 0 Å². The smallest absolute Gasteiger partial charge is 0.196 e. The number of nitriles is 1. The van der Waals surface area contributed by atoms with Crippen molar-refractivity contribution in [1.82, 2.24) is 4.98 Å². The highest BCUT2D eigenvalue weighted by atomic mass is 35.5. The molecular formula is C18H12Cl2N4S. The van der Waals surface area contributed by atoms with E-state index in [4.69, 9.17) is 23.2 Å². The molecule has 25 heavy (non-hydrogen) atoms. The molecule has 0 aliphatic carbocycles. The zero-order chi connectivity index (χ0) is 17.8. The SMILES string of the molecule is Cc1ccc(-c2csc(/C(C#N)=N\Nc3ccc(Cl)cc3Cl)n2)cc1. The maximum atomic E-state index is 9.38. The van der Waals surface area contributed by atoms with Gasteiger partial charge >= 0.3 is 0 Å². The number of anilines is 1. The summed E-state index contributed by atoms with van der Waals surface area (Å²) in [6, 6.07) is 15.1. The lowest BCUT2D eigenvalue weighted by Crippen LogP contribution is -2.01. The van der Waals surface area contributed by atoms with Gasteiger partial charge in [-0.3, -0.25) is 5.43 Å². The van der Waals surface area contributed by atoms with Crippen molar-refractivity contribution in [2.24, 2.45) is 5.10 Å². The monoisotopic (exact) mass is 386 g/mol. The van der Waals surface area contributed by atoms with Crippen LogP contribution in [-0.4, -0.2) is 10.7 Å². The molecule has 4 nitrogen and oxygen atoms in total. The van der Waals surface area contributed by atoms with Gasteiger partial charge in [0.25, 0.3) is 0 Å². The van der Waals surface area contributed by atoms with Crippen molar-refractivity contribution in [3.05, 3.63) is 68.5 Å². The number of hydrogen-bond donors (Lipinski definition) is 1. The summed E-state index contributed by atoms with van der Waals surface area (Å²) in [5.41, 5.74) is 6.54. The number of nitrogens with zero attached hydrogens (tertiary/aromatic N) is 3. The molecule has 1 aromatic heterocycles. The highest BCUT2D eigenvalue weighted by Gasteiger charge is 2.11. The van der Waals surface area contributed by atoms with Gasteiger partial charge in [-0.1, -0.05) is 53.0 Å². The Balaban J connectivity index is 1.84. The fourth-order valence-electron chi connectivity index (χ4n) is 2.06.